The smallest absolute Gasteiger partial charge is 0.255 e. The summed E-state index contributed by atoms with van der Waals surface area (Å²) in [6.07, 6.45) is 6.86. The maximum atomic E-state index is 12.0. The summed E-state index contributed by atoms with van der Waals surface area (Å²) in [5.74, 6) is 0.152. The van der Waals surface area contributed by atoms with Crippen LogP contribution in [-0.2, 0) is 6.54 Å². The Bertz CT molecular complexity index is 670. The Morgan fingerprint density at radius 1 is 1.35 bits per heavy atom. The maximum Gasteiger partial charge on any atom is 0.255 e. The predicted molar refractivity (Wildman–Crippen MR) is 87.2 cm³/mol. The predicted octanol–water partition coefficient (Wildman–Crippen LogP) is 0.242. The van der Waals surface area contributed by atoms with Gasteiger partial charge in [0.2, 0.25) is 5.95 Å². The van der Waals surface area contributed by atoms with E-state index in [-0.39, 0.29) is 23.7 Å². The number of aromatic nitrogens is 2. The third kappa shape index (κ3) is 3.02. The van der Waals surface area contributed by atoms with Crippen LogP contribution in [-0.4, -0.2) is 33.7 Å². The number of nitrogens with zero attached hydrogens (tertiary/aromatic N) is 2. The Morgan fingerprint density at radius 3 is 2.87 bits per heavy atom. The van der Waals surface area contributed by atoms with Crippen molar-refractivity contribution in [2.75, 3.05) is 5.32 Å². The Kier molecular flexibility index (Phi) is 4.24. The molecule has 2 unspecified atom stereocenters. The van der Waals surface area contributed by atoms with E-state index in [4.69, 9.17) is 16.9 Å². The summed E-state index contributed by atoms with van der Waals surface area (Å²) in [5, 5.41) is 14.0. The molecule has 8 heteroatoms. The van der Waals surface area contributed by atoms with E-state index in [1.54, 1.807) is 0 Å². The number of allylic oxidation sites excluding steroid dienone is 1. The van der Waals surface area contributed by atoms with E-state index in [0.29, 0.717) is 29.4 Å². The fourth-order valence-corrected chi connectivity index (χ4v) is 3.07. The summed E-state index contributed by atoms with van der Waals surface area (Å²) in [6.45, 7) is 0.342. The molecule has 122 valence electrons. The molecule has 0 saturated heterocycles. The van der Waals surface area contributed by atoms with Crippen molar-refractivity contribution in [3.8, 4) is 0 Å². The third-order valence-corrected chi connectivity index (χ3v) is 4.28. The number of anilines is 1. The number of carbonyl (C=O) groups is 1. The molecule has 7 N–H and O–H groups in total. The minimum absolute atomic E-state index is 0.0622. The molecule has 1 fully saturated rings. The zero-order valence-corrected chi connectivity index (χ0v) is 12.8. The van der Waals surface area contributed by atoms with Gasteiger partial charge in [0.1, 0.15) is 5.69 Å². The first-order valence-corrected chi connectivity index (χ1v) is 7.78. The molecule has 1 aliphatic heterocycles. The van der Waals surface area contributed by atoms with Crippen LogP contribution in [0.15, 0.2) is 12.3 Å². The maximum absolute atomic E-state index is 12.0. The number of nitrogens with two attached hydrogens (primary N) is 2. The van der Waals surface area contributed by atoms with Gasteiger partial charge in [0.15, 0.2) is 0 Å². The van der Waals surface area contributed by atoms with E-state index in [1.165, 1.54) is 12.3 Å². The lowest BCUT2D eigenvalue weighted by molar-refractivity contribution is 0.0965. The monoisotopic (exact) mass is 315 g/mol. The summed E-state index contributed by atoms with van der Waals surface area (Å²) in [6, 6.07) is 0.172. The fraction of sp³-hybridized carbons (Fsp3) is 0.467. The van der Waals surface area contributed by atoms with Gasteiger partial charge in [-0.3, -0.25) is 10.2 Å². The summed E-state index contributed by atoms with van der Waals surface area (Å²) >= 11 is 0. The van der Waals surface area contributed by atoms with Gasteiger partial charge in [-0.2, -0.15) is 0 Å². The lowest BCUT2D eigenvalue weighted by Gasteiger charge is -2.29. The number of hydrogen-bond acceptors (Lipinski definition) is 7. The number of carbonyl (C=O) groups excluding carboxylic acids is 1. The van der Waals surface area contributed by atoms with Gasteiger partial charge in [-0.15, -0.1) is 0 Å². The molecular weight excluding hydrogens is 294 g/mol. The number of rotatable bonds is 4. The van der Waals surface area contributed by atoms with Gasteiger partial charge in [0.25, 0.3) is 5.91 Å². The van der Waals surface area contributed by atoms with Gasteiger partial charge in [-0.25, -0.2) is 9.97 Å². The van der Waals surface area contributed by atoms with Crippen LogP contribution in [0.3, 0.4) is 0 Å². The van der Waals surface area contributed by atoms with E-state index in [1.807, 2.05) is 0 Å². The molecule has 2 heterocycles. The summed E-state index contributed by atoms with van der Waals surface area (Å²) in [7, 11) is 0. The highest BCUT2D eigenvalue weighted by molar-refractivity contribution is 6.13. The molecule has 1 aromatic heterocycles. The van der Waals surface area contributed by atoms with Crippen LogP contribution in [0.2, 0.25) is 0 Å². The second kappa shape index (κ2) is 6.33. The first-order chi connectivity index (χ1) is 11.1. The molecule has 0 radical (unpaired) electrons. The number of amides is 1. The second-order valence-electron chi connectivity index (χ2n) is 5.87. The highest BCUT2D eigenvalue weighted by Gasteiger charge is 2.29. The van der Waals surface area contributed by atoms with Crippen molar-refractivity contribution in [3.05, 3.63) is 29.2 Å². The summed E-state index contributed by atoms with van der Waals surface area (Å²) in [5.41, 5.74) is 12.8. The van der Waals surface area contributed by atoms with Crippen molar-refractivity contribution in [1.29, 1.82) is 5.41 Å². The van der Waals surface area contributed by atoms with Gasteiger partial charge in [0, 0.05) is 12.1 Å². The number of hydrogen-bond donors (Lipinski definition) is 5. The quantitative estimate of drug-likeness (QED) is 0.504. The number of fused-ring (bicyclic) bond motifs is 1. The molecule has 8 nitrogen and oxygen atoms in total. The normalized spacial score (nSPS) is 23.6. The standard InChI is InChI=1S/C15H21N7O/c16-6-5-9(18)13-12-11(7-19-14(12)23)21-15(22-13)20-10-4-2-1-3-8(10)17/h5-6,8,10,18H,1-4,7,16-17H2,(H,19,23)(H,20,21,22). The van der Waals surface area contributed by atoms with Crippen LogP contribution in [0.5, 0.6) is 0 Å². The molecule has 1 aliphatic carbocycles. The Labute approximate surface area is 134 Å². The molecule has 23 heavy (non-hydrogen) atoms. The average molecular weight is 315 g/mol. The minimum atomic E-state index is -0.258. The molecule has 1 amide bonds. The van der Waals surface area contributed by atoms with Crippen LogP contribution in [0.4, 0.5) is 5.95 Å². The Morgan fingerprint density at radius 2 is 2.13 bits per heavy atom. The lowest BCUT2D eigenvalue weighted by atomic mass is 9.91. The molecule has 2 atom stereocenters. The SMILES string of the molecule is N=C(C=CN)c1nc(NC2CCCCC2N)nc2c1C(=O)NC2. The van der Waals surface area contributed by atoms with Crippen LogP contribution in [0.25, 0.3) is 0 Å². The van der Waals surface area contributed by atoms with E-state index in [9.17, 15) is 4.79 Å². The van der Waals surface area contributed by atoms with Gasteiger partial charge in [0.05, 0.1) is 23.5 Å². The average Bonchev–Trinajstić information content (AvgIpc) is 2.90. The highest BCUT2D eigenvalue weighted by atomic mass is 16.1. The zero-order valence-electron chi connectivity index (χ0n) is 12.8. The second-order valence-corrected chi connectivity index (χ2v) is 5.87. The fourth-order valence-electron chi connectivity index (χ4n) is 3.07. The van der Waals surface area contributed by atoms with Gasteiger partial charge in [-0.05, 0) is 25.1 Å². The van der Waals surface area contributed by atoms with Crippen molar-refractivity contribution in [3.63, 3.8) is 0 Å². The molecule has 0 aromatic carbocycles. The van der Waals surface area contributed by atoms with E-state index < -0.39 is 0 Å². The van der Waals surface area contributed by atoms with Gasteiger partial charge < -0.3 is 22.1 Å². The van der Waals surface area contributed by atoms with Crippen molar-refractivity contribution in [2.45, 2.75) is 44.3 Å². The Balaban J connectivity index is 1.94. The summed E-state index contributed by atoms with van der Waals surface area (Å²) in [4.78, 5) is 20.8. The molecule has 2 aliphatic rings. The molecule has 0 bridgehead atoms. The first kappa shape index (κ1) is 15.4. The van der Waals surface area contributed by atoms with Crippen molar-refractivity contribution in [1.82, 2.24) is 15.3 Å². The van der Waals surface area contributed by atoms with Crippen molar-refractivity contribution in [2.24, 2.45) is 11.5 Å². The summed E-state index contributed by atoms with van der Waals surface area (Å²) < 4.78 is 0. The Hall–Kier alpha value is -2.48. The molecule has 3 rings (SSSR count). The molecule has 1 saturated carbocycles. The van der Waals surface area contributed by atoms with E-state index in [0.717, 1.165) is 25.7 Å². The first-order valence-electron chi connectivity index (χ1n) is 7.78. The minimum Gasteiger partial charge on any atom is -0.405 e. The molecule has 0 spiro atoms. The number of nitrogens with one attached hydrogen (secondary N) is 3. The van der Waals surface area contributed by atoms with Crippen LogP contribution in [0.1, 0.15) is 47.4 Å². The van der Waals surface area contributed by atoms with Crippen LogP contribution in [0, 0.1) is 5.41 Å². The van der Waals surface area contributed by atoms with Crippen LogP contribution < -0.4 is 22.1 Å². The molecular formula is C15H21N7O. The molecule has 1 aromatic rings. The van der Waals surface area contributed by atoms with Gasteiger partial charge >= 0.3 is 0 Å². The zero-order chi connectivity index (χ0) is 16.4. The highest BCUT2D eigenvalue weighted by Crippen LogP contribution is 2.23. The van der Waals surface area contributed by atoms with E-state index >= 15 is 0 Å². The topological polar surface area (TPSA) is 143 Å². The van der Waals surface area contributed by atoms with Crippen molar-refractivity contribution < 1.29 is 4.79 Å². The largest absolute Gasteiger partial charge is 0.405 e. The van der Waals surface area contributed by atoms with Crippen LogP contribution >= 0.6 is 0 Å². The van der Waals surface area contributed by atoms with Gasteiger partial charge in [-0.1, -0.05) is 12.8 Å². The van der Waals surface area contributed by atoms with E-state index in [2.05, 4.69) is 20.6 Å². The third-order valence-electron chi connectivity index (χ3n) is 4.28. The van der Waals surface area contributed by atoms with Crippen molar-refractivity contribution >= 4 is 17.6 Å². The lowest BCUT2D eigenvalue weighted by Crippen LogP contribution is -2.43.